The summed E-state index contributed by atoms with van der Waals surface area (Å²) in [5, 5.41) is 3.69. The molecule has 1 aromatic carbocycles. The lowest BCUT2D eigenvalue weighted by Crippen LogP contribution is -2.33. The molecule has 3 aromatic rings. The van der Waals surface area contributed by atoms with Gasteiger partial charge in [0.25, 0.3) is 21.5 Å². The number of rotatable bonds is 6. The maximum Gasteiger partial charge on any atom is 0.275 e. The van der Waals surface area contributed by atoms with E-state index in [0.29, 0.717) is 23.4 Å². The zero-order valence-corrected chi connectivity index (χ0v) is 21.3. The van der Waals surface area contributed by atoms with Crippen molar-refractivity contribution >= 4 is 39.2 Å². The van der Waals surface area contributed by atoms with Gasteiger partial charge in [-0.25, -0.2) is 12.4 Å². The van der Waals surface area contributed by atoms with Crippen molar-refractivity contribution in [2.45, 2.75) is 31.1 Å². The highest BCUT2D eigenvalue weighted by molar-refractivity contribution is 7.90. The second kappa shape index (κ2) is 10.3. The minimum Gasteiger partial charge on any atom is -0.342 e. The molecule has 1 N–H and O–H groups in total. The largest absolute Gasteiger partial charge is 0.342 e. The van der Waals surface area contributed by atoms with Gasteiger partial charge < -0.3 is 14.8 Å². The molecule has 1 fully saturated rings. The van der Waals surface area contributed by atoms with Gasteiger partial charge in [0.05, 0.1) is 10.5 Å². The fraction of sp³-hybridized carbons (Fsp3) is 0.417. The van der Waals surface area contributed by atoms with Gasteiger partial charge >= 0.3 is 0 Å². The number of hydrogen-bond acceptors (Lipinski definition) is 5. The first-order valence-electron chi connectivity index (χ1n) is 11.2. The number of carbonyl (C=O) groups excluding carboxylic acids is 1. The van der Waals surface area contributed by atoms with Crippen molar-refractivity contribution in [3.05, 3.63) is 64.2 Å². The summed E-state index contributed by atoms with van der Waals surface area (Å²) in [5.74, 6) is 0.359. The van der Waals surface area contributed by atoms with Crippen LogP contribution in [0.15, 0.2) is 52.4 Å². The van der Waals surface area contributed by atoms with E-state index in [1.165, 1.54) is 42.2 Å². The normalized spacial score (nSPS) is 14.7. The van der Waals surface area contributed by atoms with Crippen molar-refractivity contribution < 1.29 is 13.2 Å². The van der Waals surface area contributed by atoms with Crippen molar-refractivity contribution in [3.63, 3.8) is 0 Å². The molecule has 3 heterocycles. The third-order valence-corrected chi connectivity index (χ3v) is 8.16. The minimum absolute atomic E-state index is 0. The Morgan fingerprint density at radius 3 is 2.44 bits per heavy atom. The molecule has 1 aliphatic rings. The number of halogens is 1. The van der Waals surface area contributed by atoms with Crippen molar-refractivity contribution in [2.75, 3.05) is 26.7 Å². The Kier molecular flexibility index (Phi) is 7.90. The molecular formula is C24H31ClN4O4S. The molecule has 1 saturated heterocycles. The number of benzene rings is 1. The summed E-state index contributed by atoms with van der Waals surface area (Å²) < 4.78 is 28.8. The minimum atomic E-state index is -3.99. The lowest BCUT2D eigenvalue weighted by Gasteiger charge is -2.25. The molecule has 0 radical (unpaired) electrons. The number of fused-ring (bicyclic) bond motifs is 1. The highest BCUT2D eigenvalue weighted by atomic mass is 35.5. The molecule has 1 aliphatic heterocycles. The van der Waals surface area contributed by atoms with E-state index < -0.39 is 15.6 Å². The van der Waals surface area contributed by atoms with E-state index >= 15 is 0 Å². The lowest BCUT2D eigenvalue weighted by atomic mass is 9.94. The van der Waals surface area contributed by atoms with Gasteiger partial charge in [0.15, 0.2) is 0 Å². The van der Waals surface area contributed by atoms with Crippen molar-refractivity contribution in [1.29, 1.82) is 0 Å². The number of piperidine rings is 1. The zero-order valence-electron chi connectivity index (χ0n) is 19.7. The predicted molar refractivity (Wildman–Crippen MR) is 135 cm³/mol. The maximum absolute atomic E-state index is 13.3. The van der Waals surface area contributed by atoms with Crippen LogP contribution < -0.4 is 10.9 Å². The van der Waals surface area contributed by atoms with Gasteiger partial charge in [0.2, 0.25) is 0 Å². The average Bonchev–Trinajstić information content (AvgIpc) is 3.27. The second-order valence-electron chi connectivity index (χ2n) is 8.86. The summed E-state index contributed by atoms with van der Waals surface area (Å²) in [6, 6.07) is 8.00. The monoisotopic (exact) mass is 506 g/mol. The summed E-state index contributed by atoms with van der Waals surface area (Å²) in [5.41, 5.74) is 0.760. The molecule has 0 bridgehead atoms. The Hall–Kier alpha value is -2.62. The van der Waals surface area contributed by atoms with Gasteiger partial charge in [-0.05, 0) is 63.4 Å². The van der Waals surface area contributed by atoms with Crippen LogP contribution in [0.1, 0.15) is 35.2 Å². The first-order chi connectivity index (χ1) is 15.7. The SMILES string of the molecule is Cc1ccc(S(=O)(=O)n2ccc3c(C(=O)N(C)CCC4CCNCC4)cn(C)c(=O)c32)cc1.Cl. The topological polar surface area (TPSA) is 93.4 Å². The molecule has 0 spiro atoms. The van der Waals surface area contributed by atoms with Crippen LogP contribution in [0.4, 0.5) is 0 Å². The Balaban J connectivity index is 0.00000324. The van der Waals surface area contributed by atoms with Crippen molar-refractivity contribution in [2.24, 2.45) is 13.0 Å². The lowest BCUT2D eigenvalue weighted by molar-refractivity contribution is 0.0785. The molecule has 0 saturated carbocycles. The summed E-state index contributed by atoms with van der Waals surface area (Å²) >= 11 is 0. The Morgan fingerprint density at radius 1 is 1.15 bits per heavy atom. The fourth-order valence-corrected chi connectivity index (χ4v) is 5.72. The Labute approximate surface area is 206 Å². The number of carbonyl (C=O) groups is 1. The smallest absolute Gasteiger partial charge is 0.275 e. The van der Waals surface area contributed by atoms with Crippen LogP contribution >= 0.6 is 12.4 Å². The van der Waals surface area contributed by atoms with Crippen LogP contribution in [0, 0.1) is 12.8 Å². The molecule has 34 heavy (non-hydrogen) atoms. The van der Waals surface area contributed by atoms with Crippen LogP contribution in [-0.4, -0.2) is 54.4 Å². The summed E-state index contributed by atoms with van der Waals surface area (Å²) in [7, 11) is -0.712. The van der Waals surface area contributed by atoms with Crippen LogP contribution in [0.5, 0.6) is 0 Å². The van der Waals surface area contributed by atoms with E-state index in [-0.39, 0.29) is 28.7 Å². The van der Waals surface area contributed by atoms with Gasteiger partial charge in [-0.15, -0.1) is 12.4 Å². The van der Waals surface area contributed by atoms with Crippen molar-refractivity contribution in [1.82, 2.24) is 18.8 Å². The number of aromatic nitrogens is 2. The molecule has 10 heteroatoms. The van der Waals surface area contributed by atoms with Gasteiger partial charge in [-0.1, -0.05) is 17.7 Å². The number of nitrogens with one attached hydrogen (secondary N) is 1. The summed E-state index contributed by atoms with van der Waals surface area (Å²) in [6.07, 6.45) is 5.98. The molecule has 2 aromatic heterocycles. The molecule has 0 unspecified atom stereocenters. The Bertz CT molecular complexity index is 1340. The highest BCUT2D eigenvalue weighted by Crippen LogP contribution is 2.24. The number of pyridine rings is 1. The van der Waals surface area contributed by atoms with E-state index in [0.717, 1.165) is 41.9 Å². The number of aryl methyl sites for hydroxylation is 2. The van der Waals surface area contributed by atoms with Gasteiger partial charge in [-0.3, -0.25) is 9.59 Å². The first-order valence-corrected chi connectivity index (χ1v) is 12.6. The number of nitrogens with zero attached hydrogens (tertiary/aromatic N) is 3. The van der Waals surface area contributed by atoms with E-state index in [1.807, 2.05) is 6.92 Å². The van der Waals surface area contributed by atoms with Crippen LogP contribution in [-0.2, 0) is 17.1 Å². The second-order valence-corrected chi connectivity index (χ2v) is 10.7. The first kappa shape index (κ1) is 26.0. The third-order valence-electron chi connectivity index (χ3n) is 6.47. The molecule has 1 amide bonds. The standard InChI is InChI=1S/C24H30N4O4S.ClH/c1-17-4-6-19(7-5-17)33(31,32)28-15-11-20-21(16-27(3)24(30)22(20)28)23(29)26(2)14-10-18-8-12-25-13-9-18;/h4-7,11,15-16,18,25H,8-10,12-14H2,1-3H3;1H. The van der Waals surface area contributed by atoms with E-state index in [4.69, 9.17) is 0 Å². The zero-order chi connectivity index (χ0) is 23.8. The maximum atomic E-state index is 13.3. The highest BCUT2D eigenvalue weighted by Gasteiger charge is 2.25. The fourth-order valence-electron chi connectivity index (χ4n) is 4.38. The molecule has 0 atom stereocenters. The molecule has 8 nitrogen and oxygen atoms in total. The summed E-state index contributed by atoms with van der Waals surface area (Å²) in [4.78, 5) is 28.0. The average molecular weight is 507 g/mol. The van der Waals surface area contributed by atoms with E-state index in [2.05, 4.69) is 5.32 Å². The number of amides is 1. The van der Waals surface area contributed by atoms with Crippen molar-refractivity contribution in [3.8, 4) is 0 Å². The van der Waals surface area contributed by atoms with Crippen LogP contribution in [0.25, 0.3) is 10.9 Å². The molecular weight excluding hydrogens is 476 g/mol. The van der Waals surface area contributed by atoms with Crippen LogP contribution in [0.2, 0.25) is 0 Å². The third kappa shape index (κ3) is 4.92. The van der Waals surface area contributed by atoms with Gasteiger partial charge in [0, 0.05) is 38.4 Å². The van der Waals surface area contributed by atoms with Crippen LogP contribution in [0.3, 0.4) is 0 Å². The molecule has 184 valence electrons. The Morgan fingerprint density at radius 2 is 1.79 bits per heavy atom. The van der Waals surface area contributed by atoms with E-state index in [9.17, 15) is 18.0 Å². The quantitative estimate of drug-likeness (QED) is 0.555. The van der Waals surface area contributed by atoms with Gasteiger partial charge in [0.1, 0.15) is 5.52 Å². The summed E-state index contributed by atoms with van der Waals surface area (Å²) in [6.45, 7) is 4.49. The predicted octanol–water partition coefficient (Wildman–Crippen LogP) is 2.77. The molecule has 0 aliphatic carbocycles. The molecule has 4 rings (SSSR count). The van der Waals surface area contributed by atoms with Gasteiger partial charge in [-0.2, -0.15) is 0 Å². The number of hydrogen-bond donors (Lipinski definition) is 1. The van der Waals surface area contributed by atoms with E-state index in [1.54, 1.807) is 24.1 Å².